The Balaban J connectivity index is 2.56. The van der Waals surface area contributed by atoms with Gasteiger partial charge in [-0.15, -0.1) is 5.73 Å². The summed E-state index contributed by atoms with van der Waals surface area (Å²) in [5, 5.41) is 2.71. The van der Waals surface area contributed by atoms with Crippen LogP contribution < -0.4 is 0 Å². The SMILES string of the molecule is C=C=C1Cc2cccc3cccc1c23. The van der Waals surface area contributed by atoms with E-state index in [0.29, 0.717) is 0 Å². The molecule has 1 aliphatic carbocycles. The number of rotatable bonds is 0. The molecule has 0 heterocycles. The van der Waals surface area contributed by atoms with Gasteiger partial charge in [-0.1, -0.05) is 43.0 Å². The van der Waals surface area contributed by atoms with E-state index in [9.17, 15) is 0 Å². The second-order valence-corrected chi connectivity index (χ2v) is 3.65. The molecule has 2 aromatic carbocycles. The van der Waals surface area contributed by atoms with Gasteiger partial charge in [-0.3, -0.25) is 0 Å². The van der Waals surface area contributed by atoms with Crippen LogP contribution in [0, 0.1) is 0 Å². The van der Waals surface area contributed by atoms with Crippen molar-refractivity contribution in [1.82, 2.24) is 0 Å². The van der Waals surface area contributed by atoms with Crippen LogP contribution in [0.2, 0.25) is 0 Å². The molecule has 0 heteroatoms. The van der Waals surface area contributed by atoms with Crippen molar-refractivity contribution in [2.75, 3.05) is 0 Å². The molecule has 0 bridgehead atoms. The zero-order valence-electron chi connectivity index (χ0n) is 7.88. The highest BCUT2D eigenvalue weighted by molar-refractivity contribution is 6.01. The Morgan fingerprint density at radius 3 is 2.64 bits per heavy atom. The molecule has 2 aromatic rings. The van der Waals surface area contributed by atoms with E-state index in [2.05, 4.69) is 48.7 Å². The first-order valence-corrected chi connectivity index (χ1v) is 4.80. The number of benzene rings is 2. The van der Waals surface area contributed by atoms with Gasteiger partial charge in [0.15, 0.2) is 0 Å². The first kappa shape index (κ1) is 7.61. The van der Waals surface area contributed by atoms with Crippen LogP contribution >= 0.6 is 0 Å². The van der Waals surface area contributed by atoms with Crippen molar-refractivity contribution in [3.8, 4) is 0 Å². The van der Waals surface area contributed by atoms with Gasteiger partial charge < -0.3 is 0 Å². The number of allylic oxidation sites excluding steroid dienone is 1. The standard InChI is InChI=1S/C14H10/c1-2-10-9-12-7-3-5-11-6-4-8-13(10)14(11)12/h3-8H,1,9H2. The lowest BCUT2D eigenvalue weighted by atomic mass is 10.0. The summed E-state index contributed by atoms with van der Waals surface area (Å²) < 4.78 is 0. The molecule has 0 saturated heterocycles. The van der Waals surface area contributed by atoms with Crippen LogP contribution in [-0.2, 0) is 6.42 Å². The van der Waals surface area contributed by atoms with Crippen molar-refractivity contribution < 1.29 is 0 Å². The normalized spacial score (nSPS) is 13.3. The van der Waals surface area contributed by atoms with E-state index in [1.54, 1.807) is 0 Å². The quantitative estimate of drug-likeness (QED) is 0.541. The molecular formula is C14H10. The van der Waals surface area contributed by atoms with E-state index in [1.807, 2.05) is 0 Å². The van der Waals surface area contributed by atoms with Gasteiger partial charge in [-0.2, -0.15) is 0 Å². The molecule has 0 N–H and O–H groups in total. The summed E-state index contributed by atoms with van der Waals surface area (Å²) in [6, 6.07) is 12.9. The maximum absolute atomic E-state index is 3.75. The highest BCUT2D eigenvalue weighted by Crippen LogP contribution is 2.36. The molecule has 1 aliphatic rings. The van der Waals surface area contributed by atoms with Crippen molar-refractivity contribution >= 4 is 16.3 Å². The van der Waals surface area contributed by atoms with Gasteiger partial charge in [0, 0.05) is 12.0 Å². The minimum Gasteiger partial charge on any atom is -0.124 e. The van der Waals surface area contributed by atoms with Crippen molar-refractivity contribution in [1.29, 1.82) is 0 Å². The van der Waals surface area contributed by atoms with E-state index in [-0.39, 0.29) is 0 Å². The Bertz CT molecular complexity index is 564. The molecule has 0 saturated carbocycles. The van der Waals surface area contributed by atoms with Gasteiger partial charge in [0.1, 0.15) is 0 Å². The molecule has 14 heavy (non-hydrogen) atoms. The highest BCUT2D eigenvalue weighted by atomic mass is 14.2. The van der Waals surface area contributed by atoms with Crippen LogP contribution in [0.1, 0.15) is 11.1 Å². The molecule has 0 amide bonds. The van der Waals surface area contributed by atoms with Crippen LogP contribution in [0.4, 0.5) is 0 Å². The average molecular weight is 178 g/mol. The minimum absolute atomic E-state index is 0.986. The highest BCUT2D eigenvalue weighted by Gasteiger charge is 2.17. The average Bonchev–Trinajstić information content (AvgIpc) is 2.60. The third-order valence-corrected chi connectivity index (χ3v) is 2.90. The number of hydrogen-bond acceptors (Lipinski definition) is 0. The van der Waals surface area contributed by atoms with Crippen molar-refractivity contribution in [3.05, 3.63) is 59.8 Å². The molecule has 0 radical (unpaired) electrons. The van der Waals surface area contributed by atoms with Crippen LogP contribution in [0.15, 0.2) is 48.7 Å². The Kier molecular flexibility index (Phi) is 1.41. The van der Waals surface area contributed by atoms with Crippen molar-refractivity contribution in [3.63, 3.8) is 0 Å². The third-order valence-electron chi connectivity index (χ3n) is 2.90. The largest absolute Gasteiger partial charge is 0.124 e. The second kappa shape index (κ2) is 2.60. The zero-order chi connectivity index (χ0) is 9.54. The molecule has 0 aliphatic heterocycles. The first-order valence-electron chi connectivity index (χ1n) is 4.80. The topological polar surface area (TPSA) is 0 Å². The van der Waals surface area contributed by atoms with Gasteiger partial charge in [0.05, 0.1) is 0 Å². The Morgan fingerprint density at radius 2 is 1.86 bits per heavy atom. The zero-order valence-corrected chi connectivity index (χ0v) is 7.88. The fourth-order valence-corrected chi connectivity index (χ4v) is 2.26. The molecule has 3 rings (SSSR count). The fraction of sp³-hybridized carbons (Fsp3) is 0.0714. The molecular weight excluding hydrogens is 168 g/mol. The summed E-state index contributed by atoms with van der Waals surface area (Å²) in [6.07, 6.45) is 0.986. The maximum Gasteiger partial charge on any atom is 0.00603 e. The summed E-state index contributed by atoms with van der Waals surface area (Å²) >= 11 is 0. The van der Waals surface area contributed by atoms with Crippen LogP contribution in [0.3, 0.4) is 0 Å². The van der Waals surface area contributed by atoms with Crippen LogP contribution in [-0.4, -0.2) is 0 Å². The minimum atomic E-state index is 0.986. The van der Waals surface area contributed by atoms with Crippen molar-refractivity contribution in [2.45, 2.75) is 6.42 Å². The molecule has 66 valence electrons. The van der Waals surface area contributed by atoms with E-state index < -0.39 is 0 Å². The van der Waals surface area contributed by atoms with Gasteiger partial charge in [-0.05, 0) is 21.9 Å². The summed E-state index contributed by atoms with van der Waals surface area (Å²) in [4.78, 5) is 0. The molecule has 0 spiro atoms. The van der Waals surface area contributed by atoms with E-state index in [4.69, 9.17) is 0 Å². The Labute approximate surface area is 83.2 Å². The van der Waals surface area contributed by atoms with E-state index in [0.717, 1.165) is 6.42 Å². The first-order chi connectivity index (χ1) is 6.90. The van der Waals surface area contributed by atoms with Gasteiger partial charge in [0.25, 0.3) is 0 Å². The molecule has 0 atom stereocenters. The fourth-order valence-electron chi connectivity index (χ4n) is 2.26. The summed E-state index contributed by atoms with van der Waals surface area (Å²) in [5.74, 6) is 0. The monoisotopic (exact) mass is 178 g/mol. The Morgan fingerprint density at radius 1 is 1.07 bits per heavy atom. The molecule has 0 fully saturated rings. The predicted molar refractivity (Wildman–Crippen MR) is 60.2 cm³/mol. The smallest absolute Gasteiger partial charge is 0.00603 e. The summed E-state index contributed by atoms with van der Waals surface area (Å²) in [6.45, 7) is 3.75. The number of hydrogen-bond donors (Lipinski definition) is 0. The lowest BCUT2D eigenvalue weighted by molar-refractivity contribution is 1.38. The van der Waals surface area contributed by atoms with E-state index >= 15 is 0 Å². The molecule has 0 nitrogen and oxygen atoms in total. The van der Waals surface area contributed by atoms with Gasteiger partial charge in [-0.25, -0.2) is 0 Å². The lowest BCUT2D eigenvalue weighted by Crippen LogP contribution is -1.76. The predicted octanol–water partition coefficient (Wildman–Crippen LogP) is 3.56. The van der Waals surface area contributed by atoms with Gasteiger partial charge >= 0.3 is 0 Å². The maximum atomic E-state index is 3.75. The molecule has 0 unspecified atom stereocenters. The lowest BCUT2D eigenvalue weighted by Gasteiger charge is -1.99. The van der Waals surface area contributed by atoms with Crippen LogP contribution in [0.25, 0.3) is 16.3 Å². The van der Waals surface area contributed by atoms with Gasteiger partial charge in [0.2, 0.25) is 0 Å². The van der Waals surface area contributed by atoms with Crippen molar-refractivity contribution in [2.24, 2.45) is 0 Å². The third kappa shape index (κ3) is 0.837. The summed E-state index contributed by atoms with van der Waals surface area (Å²) in [5.41, 5.74) is 6.99. The summed E-state index contributed by atoms with van der Waals surface area (Å²) in [7, 11) is 0. The second-order valence-electron chi connectivity index (χ2n) is 3.65. The Hall–Kier alpha value is -1.78. The molecule has 0 aromatic heterocycles. The van der Waals surface area contributed by atoms with E-state index in [1.165, 1.54) is 27.5 Å². The van der Waals surface area contributed by atoms with Crippen LogP contribution in [0.5, 0.6) is 0 Å².